The molecule has 0 bridgehead atoms. The fourth-order valence-electron chi connectivity index (χ4n) is 3.56. The van der Waals surface area contributed by atoms with Gasteiger partial charge in [-0.2, -0.15) is 0 Å². The molecule has 2 aromatic carbocycles. The Morgan fingerprint density at radius 3 is 2.59 bits per heavy atom. The van der Waals surface area contributed by atoms with Gasteiger partial charge in [0.25, 0.3) is 0 Å². The van der Waals surface area contributed by atoms with Gasteiger partial charge in [0.2, 0.25) is 10.0 Å². The average molecular weight is 382 g/mol. The van der Waals surface area contributed by atoms with Crippen molar-refractivity contribution in [2.75, 3.05) is 24.5 Å². The van der Waals surface area contributed by atoms with Crippen LogP contribution in [-0.4, -0.2) is 38.0 Å². The van der Waals surface area contributed by atoms with Crippen molar-refractivity contribution in [1.82, 2.24) is 14.7 Å². The van der Waals surface area contributed by atoms with Gasteiger partial charge in [-0.15, -0.1) is 0 Å². The van der Waals surface area contributed by atoms with Gasteiger partial charge in [0, 0.05) is 37.4 Å². The van der Waals surface area contributed by atoms with Crippen molar-refractivity contribution in [3.63, 3.8) is 0 Å². The van der Waals surface area contributed by atoms with Crippen molar-refractivity contribution in [2.45, 2.75) is 17.7 Å². The van der Waals surface area contributed by atoms with Crippen molar-refractivity contribution in [1.29, 1.82) is 0 Å². The lowest BCUT2D eigenvalue weighted by atomic mass is 9.97. The van der Waals surface area contributed by atoms with E-state index in [0.29, 0.717) is 17.4 Å². The molecule has 0 atom stereocenters. The highest BCUT2D eigenvalue weighted by atomic mass is 32.2. The van der Waals surface area contributed by atoms with E-state index in [0.717, 1.165) is 42.5 Å². The third-order valence-electron chi connectivity index (χ3n) is 5.09. The minimum Gasteiger partial charge on any atom is -0.355 e. The van der Waals surface area contributed by atoms with E-state index < -0.39 is 10.0 Å². The number of benzene rings is 2. The Morgan fingerprint density at radius 1 is 1.04 bits per heavy atom. The Balaban J connectivity index is 1.40. The Morgan fingerprint density at radius 2 is 1.81 bits per heavy atom. The Hall–Kier alpha value is -2.51. The zero-order valence-electron chi connectivity index (χ0n) is 15.0. The fraction of sp³-hybridized carbons (Fsp3) is 0.300. The van der Waals surface area contributed by atoms with Crippen molar-refractivity contribution < 1.29 is 8.42 Å². The van der Waals surface area contributed by atoms with Crippen LogP contribution < -0.4 is 9.62 Å². The number of aromatic nitrogens is 2. The van der Waals surface area contributed by atoms with Gasteiger partial charge >= 0.3 is 0 Å². The molecule has 0 spiro atoms. The van der Waals surface area contributed by atoms with Crippen LogP contribution in [0.1, 0.15) is 12.8 Å². The van der Waals surface area contributed by atoms with Crippen molar-refractivity contribution in [3.8, 4) is 0 Å². The topological polar surface area (TPSA) is 75.2 Å². The molecule has 6 nitrogen and oxygen atoms in total. The third-order valence-corrected chi connectivity index (χ3v) is 6.57. The van der Waals surface area contributed by atoms with Gasteiger partial charge < -0.3 is 4.90 Å². The molecule has 1 fully saturated rings. The molecular formula is C20H22N4O2S. The molecule has 0 saturated carbocycles. The number of sulfonamides is 1. The molecule has 0 amide bonds. The van der Waals surface area contributed by atoms with Gasteiger partial charge in [0.15, 0.2) is 0 Å². The maximum Gasteiger partial charge on any atom is 0.241 e. The van der Waals surface area contributed by atoms with Gasteiger partial charge in [-0.1, -0.05) is 36.4 Å². The monoisotopic (exact) mass is 382 g/mol. The summed E-state index contributed by atoms with van der Waals surface area (Å²) in [4.78, 5) is 11.0. The number of fused-ring (bicyclic) bond motifs is 1. The van der Waals surface area contributed by atoms with Gasteiger partial charge in [-0.05, 0) is 30.2 Å². The number of rotatable bonds is 5. The van der Waals surface area contributed by atoms with E-state index in [2.05, 4.69) is 19.6 Å². The highest BCUT2D eigenvalue weighted by Gasteiger charge is 2.23. The second-order valence-electron chi connectivity index (χ2n) is 6.82. The SMILES string of the molecule is O=S(=O)(NCC1CCN(c2cnccn2)CC1)c1cccc2ccccc12. The Bertz CT molecular complexity index is 1010. The average Bonchev–Trinajstić information content (AvgIpc) is 2.73. The molecule has 1 aliphatic heterocycles. The van der Waals surface area contributed by atoms with E-state index in [9.17, 15) is 8.42 Å². The molecule has 1 aromatic heterocycles. The van der Waals surface area contributed by atoms with E-state index >= 15 is 0 Å². The van der Waals surface area contributed by atoms with Crippen LogP contribution in [-0.2, 0) is 10.0 Å². The second kappa shape index (κ2) is 7.62. The fourth-order valence-corrected chi connectivity index (χ4v) is 4.90. The smallest absolute Gasteiger partial charge is 0.241 e. The van der Waals surface area contributed by atoms with Crippen molar-refractivity contribution in [2.24, 2.45) is 5.92 Å². The number of anilines is 1. The first kappa shape index (κ1) is 17.9. The zero-order chi connectivity index (χ0) is 18.7. The molecular weight excluding hydrogens is 360 g/mol. The maximum absolute atomic E-state index is 12.8. The summed E-state index contributed by atoms with van der Waals surface area (Å²) in [5.41, 5.74) is 0. The predicted molar refractivity (Wildman–Crippen MR) is 106 cm³/mol. The Labute approximate surface area is 159 Å². The molecule has 1 aliphatic rings. The summed E-state index contributed by atoms with van der Waals surface area (Å²) in [5, 5.41) is 1.68. The first-order chi connectivity index (χ1) is 13.1. The molecule has 3 aromatic rings. The number of nitrogens with zero attached hydrogens (tertiary/aromatic N) is 3. The van der Waals surface area contributed by atoms with Gasteiger partial charge in [0.05, 0.1) is 11.1 Å². The van der Waals surface area contributed by atoms with Crippen LogP contribution in [0, 0.1) is 5.92 Å². The number of piperidine rings is 1. The summed E-state index contributed by atoms with van der Waals surface area (Å²) in [7, 11) is -3.54. The molecule has 0 unspecified atom stereocenters. The molecule has 7 heteroatoms. The molecule has 2 heterocycles. The van der Waals surface area contributed by atoms with Crippen molar-refractivity contribution >= 4 is 26.6 Å². The van der Waals surface area contributed by atoms with Crippen LogP contribution in [0.25, 0.3) is 10.8 Å². The molecule has 1 N–H and O–H groups in total. The lowest BCUT2D eigenvalue weighted by molar-refractivity contribution is 0.400. The lowest BCUT2D eigenvalue weighted by Crippen LogP contribution is -2.39. The summed E-state index contributed by atoms with van der Waals surface area (Å²) in [6, 6.07) is 12.9. The molecule has 0 radical (unpaired) electrons. The minimum atomic E-state index is -3.54. The normalized spacial score (nSPS) is 15.9. The van der Waals surface area contributed by atoms with E-state index in [1.165, 1.54) is 0 Å². The zero-order valence-corrected chi connectivity index (χ0v) is 15.8. The summed E-state index contributed by atoms with van der Waals surface area (Å²) < 4.78 is 28.5. The van der Waals surface area contributed by atoms with Gasteiger partial charge in [-0.25, -0.2) is 18.1 Å². The number of hydrogen-bond acceptors (Lipinski definition) is 5. The van der Waals surface area contributed by atoms with Crippen molar-refractivity contribution in [3.05, 3.63) is 61.1 Å². The van der Waals surface area contributed by atoms with E-state index in [1.54, 1.807) is 30.7 Å². The molecule has 27 heavy (non-hydrogen) atoms. The number of hydrogen-bond donors (Lipinski definition) is 1. The Kier molecular flexibility index (Phi) is 5.05. The summed E-state index contributed by atoms with van der Waals surface area (Å²) >= 11 is 0. The highest BCUT2D eigenvalue weighted by Crippen LogP contribution is 2.24. The van der Waals surface area contributed by atoms with Crippen LogP contribution in [0.5, 0.6) is 0 Å². The molecule has 140 valence electrons. The minimum absolute atomic E-state index is 0.322. The largest absolute Gasteiger partial charge is 0.355 e. The second-order valence-corrected chi connectivity index (χ2v) is 8.56. The third kappa shape index (κ3) is 3.94. The summed E-state index contributed by atoms with van der Waals surface area (Å²) in [6.45, 7) is 2.18. The first-order valence-electron chi connectivity index (χ1n) is 9.12. The summed E-state index contributed by atoms with van der Waals surface area (Å²) in [5.74, 6) is 1.20. The van der Waals surface area contributed by atoms with E-state index in [1.807, 2.05) is 30.3 Å². The first-order valence-corrected chi connectivity index (χ1v) is 10.6. The molecule has 0 aliphatic carbocycles. The number of nitrogens with one attached hydrogen (secondary N) is 1. The van der Waals surface area contributed by atoms with Crippen LogP contribution in [0.4, 0.5) is 5.82 Å². The highest BCUT2D eigenvalue weighted by molar-refractivity contribution is 7.89. The van der Waals surface area contributed by atoms with Crippen LogP contribution in [0.3, 0.4) is 0 Å². The van der Waals surface area contributed by atoms with E-state index in [-0.39, 0.29) is 0 Å². The maximum atomic E-state index is 12.8. The van der Waals surface area contributed by atoms with Crippen LogP contribution >= 0.6 is 0 Å². The standard InChI is InChI=1S/C20H22N4O2S/c25-27(26,19-7-3-5-17-4-1-2-6-18(17)19)23-14-16-8-12-24(13-9-16)20-15-21-10-11-22-20/h1-7,10-11,15-16,23H,8-9,12-14H2. The van der Waals surface area contributed by atoms with Gasteiger partial charge in [-0.3, -0.25) is 4.98 Å². The van der Waals surface area contributed by atoms with Crippen LogP contribution in [0.15, 0.2) is 66.0 Å². The molecule has 4 rings (SSSR count). The lowest BCUT2D eigenvalue weighted by Gasteiger charge is -2.32. The molecule has 1 saturated heterocycles. The summed E-state index contributed by atoms with van der Waals surface area (Å²) in [6.07, 6.45) is 6.98. The quantitative estimate of drug-likeness (QED) is 0.734. The van der Waals surface area contributed by atoms with Gasteiger partial charge in [0.1, 0.15) is 5.82 Å². The predicted octanol–water partition coefficient (Wildman–Crippen LogP) is 2.82. The van der Waals surface area contributed by atoms with Crippen LogP contribution in [0.2, 0.25) is 0 Å². The van der Waals surface area contributed by atoms with E-state index in [4.69, 9.17) is 0 Å².